The van der Waals surface area contributed by atoms with E-state index in [-0.39, 0.29) is 5.76 Å². The molecule has 2 rings (SSSR count). The lowest BCUT2D eigenvalue weighted by molar-refractivity contribution is 0.0652. The number of carboxylic acids is 1. The number of hydrogen-bond donors (Lipinski definition) is 1. The zero-order valence-electron chi connectivity index (χ0n) is 9.32. The molecule has 0 aliphatic rings. The predicted molar refractivity (Wildman–Crippen MR) is 63.4 cm³/mol. The molecule has 0 bridgehead atoms. The predicted octanol–water partition coefficient (Wildman–Crippen LogP) is 3.31. The molecule has 5 heteroatoms. The van der Waals surface area contributed by atoms with E-state index in [0.29, 0.717) is 10.7 Å². The Labute approximate surface area is 103 Å². The minimum absolute atomic E-state index is 0.186. The Bertz CT molecular complexity index is 566. The first-order valence-corrected chi connectivity index (χ1v) is 5.34. The lowest BCUT2D eigenvalue weighted by Crippen LogP contribution is -1.91. The van der Waals surface area contributed by atoms with Crippen molar-refractivity contribution in [3.05, 3.63) is 40.1 Å². The van der Waals surface area contributed by atoms with Gasteiger partial charge in [0.15, 0.2) is 0 Å². The Hall–Kier alpha value is -1.81. The summed E-state index contributed by atoms with van der Waals surface area (Å²) in [5, 5.41) is 13.1. The number of hydrogen-bond acceptors (Lipinski definition) is 3. The van der Waals surface area contributed by atoms with Crippen molar-refractivity contribution in [2.24, 2.45) is 0 Å². The van der Waals surface area contributed by atoms with E-state index in [4.69, 9.17) is 21.2 Å². The van der Waals surface area contributed by atoms with Gasteiger partial charge in [-0.3, -0.25) is 0 Å². The van der Waals surface area contributed by atoms with E-state index in [1.165, 1.54) is 6.07 Å². The van der Waals surface area contributed by atoms with E-state index >= 15 is 0 Å². The van der Waals surface area contributed by atoms with E-state index in [1.54, 1.807) is 6.07 Å². The maximum atomic E-state index is 10.7. The molecule has 0 aliphatic heterocycles. The van der Waals surface area contributed by atoms with Gasteiger partial charge in [-0.2, -0.15) is 0 Å². The van der Waals surface area contributed by atoms with Crippen LogP contribution >= 0.6 is 11.6 Å². The zero-order valence-corrected chi connectivity index (χ0v) is 10.1. The summed E-state index contributed by atoms with van der Waals surface area (Å²) in [6.45, 7) is 3.86. The van der Waals surface area contributed by atoms with Crippen LogP contribution < -0.4 is 0 Å². The van der Waals surface area contributed by atoms with Gasteiger partial charge in [-0.05, 0) is 37.1 Å². The molecule has 88 valence electrons. The van der Waals surface area contributed by atoms with Gasteiger partial charge in [0, 0.05) is 16.7 Å². The van der Waals surface area contributed by atoms with Crippen LogP contribution in [0.2, 0.25) is 5.02 Å². The second-order valence-corrected chi connectivity index (χ2v) is 4.19. The van der Waals surface area contributed by atoms with Gasteiger partial charge >= 0.3 is 5.97 Å². The topological polar surface area (TPSA) is 63.3 Å². The van der Waals surface area contributed by atoms with Gasteiger partial charge in [0.05, 0.1) is 0 Å². The van der Waals surface area contributed by atoms with Gasteiger partial charge in [-0.25, -0.2) is 4.79 Å². The molecule has 0 aliphatic carbocycles. The Morgan fingerprint density at radius 2 is 2.06 bits per heavy atom. The summed E-state index contributed by atoms with van der Waals surface area (Å²) in [5.41, 5.74) is 3.23. The molecule has 17 heavy (non-hydrogen) atoms. The van der Waals surface area contributed by atoms with E-state index in [1.807, 2.05) is 19.9 Å². The average Bonchev–Trinajstić information content (AvgIpc) is 2.74. The first kappa shape index (κ1) is 11.7. The Kier molecular flexibility index (Phi) is 2.90. The Morgan fingerprint density at radius 3 is 2.59 bits per heavy atom. The van der Waals surface area contributed by atoms with Crippen molar-refractivity contribution in [3.8, 4) is 11.3 Å². The SMILES string of the molecule is Cc1cc(-c2cc(C(=O)O)on2)cc(Cl)c1C. The number of rotatable bonds is 2. The van der Waals surface area contributed by atoms with Gasteiger partial charge in [-0.1, -0.05) is 16.8 Å². The van der Waals surface area contributed by atoms with Crippen molar-refractivity contribution < 1.29 is 14.4 Å². The Balaban J connectivity index is 2.49. The Morgan fingerprint density at radius 1 is 1.35 bits per heavy atom. The summed E-state index contributed by atoms with van der Waals surface area (Å²) in [6.07, 6.45) is 0. The lowest BCUT2D eigenvalue weighted by atomic mass is 10.0. The molecule has 1 N–H and O–H groups in total. The standard InChI is InChI=1S/C12H10ClNO3/c1-6-3-8(4-9(13)7(6)2)10-5-11(12(15)16)17-14-10/h3-5H,1-2H3,(H,15,16). The van der Waals surface area contributed by atoms with Crippen LogP contribution in [0.25, 0.3) is 11.3 Å². The van der Waals surface area contributed by atoms with Crippen LogP contribution in [0, 0.1) is 13.8 Å². The number of aromatic nitrogens is 1. The fraction of sp³-hybridized carbons (Fsp3) is 0.167. The molecule has 0 spiro atoms. The summed E-state index contributed by atoms with van der Waals surface area (Å²) in [5.74, 6) is -1.33. The minimum Gasteiger partial charge on any atom is -0.475 e. The van der Waals surface area contributed by atoms with Crippen molar-refractivity contribution in [2.75, 3.05) is 0 Å². The normalized spacial score (nSPS) is 10.5. The van der Waals surface area contributed by atoms with Crippen molar-refractivity contribution in [1.82, 2.24) is 5.16 Å². The highest BCUT2D eigenvalue weighted by molar-refractivity contribution is 6.31. The van der Waals surface area contributed by atoms with Crippen molar-refractivity contribution in [3.63, 3.8) is 0 Å². The van der Waals surface area contributed by atoms with Crippen molar-refractivity contribution >= 4 is 17.6 Å². The van der Waals surface area contributed by atoms with Gasteiger partial charge in [0.25, 0.3) is 0 Å². The van der Waals surface area contributed by atoms with Gasteiger partial charge in [0.2, 0.25) is 5.76 Å². The largest absolute Gasteiger partial charge is 0.475 e. The smallest absolute Gasteiger partial charge is 0.374 e. The number of carboxylic acid groups (broad SMARTS) is 1. The van der Waals surface area contributed by atoms with Crippen LogP contribution in [-0.4, -0.2) is 16.2 Å². The summed E-state index contributed by atoms with van der Waals surface area (Å²) in [4.78, 5) is 10.7. The third-order valence-electron chi connectivity index (χ3n) is 2.62. The maximum absolute atomic E-state index is 10.7. The number of nitrogens with zero attached hydrogens (tertiary/aromatic N) is 1. The highest BCUT2D eigenvalue weighted by Gasteiger charge is 2.13. The molecule has 4 nitrogen and oxygen atoms in total. The van der Waals surface area contributed by atoms with Gasteiger partial charge in [0.1, 0.15) is 5.69 Å². The highest BCUT2D eigenvalue weighted by atomic mass is 35.5. The van der Waals surface area contributed by atoms with Crippen molar-refractivity contribution in [1.29, 1.82) is 0 Å². The fourth-order valence-electron chi connectivity index (χ4n) is 1.48. The van der Waals surface area contributed by atoms with E-state index < -0.39 is 5.97 Å². The van der Waals surface area contributed by atoms with Crippen LogP contribution in [0.5, 0.6) is 0 Å². The van der Waals surface area contributed by atoms with Crippen LogP contribution in [0.3, 0.4) is 0 Å². The molecule has 0 unspecified atom stereocenters. The third kappa shape index (κ3) is 2.17. The fourth-order valence-corrected chi connectivity index (χ4v) is 1.74. The number of aromatic carboxylic acids is 1. The number of benzene rings is 1. The summed E-state index contributed by atoms with van der Waals surface area (Å²) in [6, 6.07) is 5.01. The van der Waals surface area contributed by atoms with Crippen LogP contribution in [0.1, 0.15) is 21.7 Å². The molecule has 0 saturated carbocycles. The minimum atomic E-state index is -1.14. The molecule has 0 amide bonds. The molecule has 2 aromatic rings. The second kappa shape index (κ2) is 4.22. The molecule has 0 fully saturated rings. The van der Waals surface area contributed by atoms with Crippen LogP contribution in [0.4, 0.5) is 0 Å². The highest BCUT2D eigenvalue weighted by Crippen LogP contribution is 2.27. The van der Waals surface area contributed by atoms with E-state index in [9.17, 15) is 4.79 Å². The van der Waals surface area contributed by atoms with E-state index in [2.05, 4.69) is 5.16 Å². The first-order valence-electron chi connectivity index (χ1n) is 4.96. The molecule has 1 heterocycles. The third-order valence-corrected chi connectivity index (χ3v) is 3.01. The molecule has 0 atom stereocenters. The van der Waals surface area contributed by atoms with Crippen LogP contribution in [0.15, 0.2) is 22.7 Å². The number of aryl methyl sites for hydroxylation is 1. The number of carbonyl (C=O) groups is 1. The van der Waals surface area contributed by atoms with E-state index in [0.717, 1.165) is 16.7 Å². The molecule has 0 radical (unpaired) electrons. The average molecular weight is 252 g/mol. The second-order valence-electron chi connectivity index (χ2n) is 3.78. The summed E-state index contributed by atoms with van der Waals surface area (Å²) < 4.78 is 4.70. The van der Waals surface area contributed by atoms with Crippen LogP contribution in [-0.2, 0) is 0 Å². The molecule has 1 aromatic heterocycles. The summed E-state index contributed by atoms with van der Waals surface area (Å²) >= 11 is 6.06. The molecular weight excluding hydrogens is 242 g/mol. The van der Waals surface area contributed by atoms with Gasteiger partial charge in [-0.15, -0.1) is 0 Å². The quantitative estimate of drug-likeness (QED) is 0.889. The maximum Gasteiger partial charge on any atom is 0.374 e. The zero-order chi connectivity index (χ0) is 12.6. The number of halogens is 1. The molecule has 1 aromatic carbocycles. The molecular formula is C12H10ClNO3. The monoisotopic (exact) mass is 251 g/mol. The molecule has 0 saturated heterocycles. The lowest BCUT2D eigenvalue weighted by Gasteiger charge is -2.04. The van der Waals surface area contributed by atoms with Gasteiger partial charge < -0.3 is 9.63 Å². The first-order chi connectivity index (χ1) is 7.99. The van der Waals surface area contributed by atoms with Crippen molar-refractivity contribution in [2.45, 2.75) is 13.8 Å². The summed E-state index contributed by atoms with van der Waals surface area (Å²) in [7, 11) is 0.